The van der Waals surface area contributed by atoms with Crippen molar-refractivity contribution >= 4 is 43.4 Å². The van der Waals surface area contributed by atoms with Crippen LogP contribution in [-0.2, 0) is 21.7 Å². The van der Waals surface area contributed by atoms with E-state index in [1.54, 1.807) is 0 Å². The van der Waals surface area contributed by atoms with Crippen LogP contribution in [0.3, 0.4) is 0 Å². The van der Waals surface area contributed by atoms with Gasteiger partial charge in [-0.2, -0.15) is 0 Å². The van der Waals surface area contributed by atoms with E-state index in [1.165, 1.54) is 54.6 Å². The Kier molecular flexibility index (Phi) is 3.99. The van der Waals surface area contributed by atoms with Gasteiger partial charge in [0.15, 0.2) is 0 Å². The molecule has 2 aliphatic carbocycles. The summed E-state index contributed by atoms with van der Waals surface area (Å²) >= 11 is 0. The molecule has 7 rings (SSSR count). The second kappa shape index (κ2) is 6.46. The van der Waals surface area contributed by atoms with Crippen LogP contribution in [0.4, 0.5) is 0 Å². The largest absolute Gasteiger partial charge is 0.255 e. The molecule has 5 aromatic rings. The number of aromatic nitrogens is 2. The first-order chi connectivity index (χ1) is 16.8. The van der Waals surface area contributed by atoms with Gasteiger partial charge in [0.25, 0.3) is 0 Å². The number of pyridine rings is 2. The van der Waals surface area contributed by atoms with Gasteiger partial charge in [-0.15, -0.1) is 0 Å². The van der Waals surface area contributed by atoms with Gasteiger partial charge in [0.2, 0.25) is 0 Å². The molecule has 2 heterocycles. The van der Waals surface area contributed by atoms with E-state index in [0.717, 1.165) is 23.9 Å². The molecule has 36 heavy (non-hydrogen) atoms. The third-order valence-corrected chi connectivity index (χ3v) is 9.40. The number of hydrogen-bond donors (Lipinski definition) is 0. The van der Waals surface area contributed by atoms with Crippen molar-refractivity contribution in [3.8, 4) is 0 Å². The minimum Gasteiger partial charge on any atom is -0.255 e. The van der Waals surface area contributed by atoms with Crippen LogP contribution >= 0.6 is 0 Å². The molecule has 0 aliphatic heterocycles. The fraction of sp³-hybridized carbons (Fsp3) is 0.412. The molecule has 0 spiro atoms. The predicted molar refractivity (Wildman–Crippen MR) is 153 cm³/mol. The second-order valence-corrected chi connectivity index (χ2v) is 14.2. The summed E-state index contributed by atoms with van der Waals surface area (Å²) < 4.78 is 0. The molecule has 2 aliphatic rings. The topological polar surface area (TPSA) is 25.8 Å². The second-order valence-electron chi connectivity index (χ2n) is 14.2. The number of rotatable bonds is 0. The Labute approximate surface area is 214 Å². The molecule has 2 aromatic heterocycles. The van der Waals surface area contributed by atoms with Gasteiger partial charge >= 0.3 is 0 Å². The van der Waals surface area contributed by atoms with Crippen LogP contribution in [0, 0.1) is 0 Å². The smallest absolute Gasteiger partial charge is 0.0783 e. The standard InChI is InChI=1S/C34H36N2/c1-31(2)17-33(5,6)27-21-11-9-19-14-24-20(13-23(19)29(21)35-15-25(27)31)10-12-22-28-26(16-36-30(22)24)32(3,4)18-34(28,7)8/h9-16H,17-18H2,1-8H3. The lowest BCUT2D eigenvalue weighted by Crippen LogP contribution is -2.18. The van der Waals surface area contributed by atoms with Gasteiger partial charge in [-0.3, -0.25) is 9.97 Å². The maximum atomic E-state index is 5.08. The van der Waals surface area contributed by atoms with E-state index in [4.69, 9.17) is 9.97 Å². The van der Waals surface area contributed by atoms with Gasteiger partial charge in [-0.05, 0) is 79.7 Å². The Morgan fingerprint density at radius 2 is 0.889 bits per heavy atom. The van der Waals surface area contributed by atoms with E-state index >= 15 is 0 Å². The van der Waals surface area contributed by atoms with E-state index in [1.807, 2.05) is 0 Å². The summed E-state index contributed by atoms with van der Waals surface area (Å²) in [5.41, 5.74) is 8.66. The first-order valence-corrected chi connectivity index (χ1v) is 13.4. The molecular weight excluding hydrogens is 436 g/mol. The normalized spacial score (nSPS) is 20.9. The van der Waals surface area contributed by atoms with Crippen molar-refractivity contribution in [2.24, 2.45) is 0 Å². The Hall–Kier alpha value is -3.00. The van der Waals surface area contributed by atoms with Crippen molar-refractivity contribution < 1.29 is 0 Å². The third-order valence-electron chi connectivity index (χ3n) is 9.40. The van der Waals surface area contributed by atoms with Crippen LogP contribution < -0.4 is 0 Å². The van der Waals surface area contributed by atoms with Crippen LogP contribution in [-0.4, -0.2) is 9.97 Å². The van der Waals surface area contributed by atoms with Crippen molar-refractivity contribution in [2.45, 2.75) is 89.9 Å². The summed E-state index contributed by atoms with van der Waals surface area (Å²) in [5, 5.41) is 7.60. The molecule has 0 bridgehead atoms. The highest BCUT2D eigenvalue weighted by atomic mass is 14.7. The first-order valence-electron chi connectivity index (χ1n) is 13.4. The number of benzene rings is 3. The molecule has 0 unspecified atom stereocenters. The summed E-state index contributed by atoms with van der Waals surface area (Å²) in [6.07, 6.45) is 6.62. The van der Waals surface area contributed by atoms with Gasteiger partial charge in [0.05, 0.1) is 11.0 Å². The summed E-state index contributed by atoms with van der Waals surface area (Å²) in [5.74, 6) is 0. The molecule has 0 atom stereocenters. The van der Waals surface area contributed by atoms with Crippen LogP contribution in [0.2, 0.25) is 0 Å². The predicted octanol–water partition coefficient (Wildman–Crippen LogP) is 9.01. The Balaban J connectivity index is 1.54. The Morgan fingerprint density at radius 3 is 1.28 bits per heavy atom. The lowest BCUT2D eigenvalue weighted by Gasteiger charge is -2.23. The fourth-order valence-corrected chi connectivity index (χ4v) is 8.53. The Morgan fingerprint density at radius 1 is 0.500 bits per heavy atom. The molecule has 0 saturated carbocycles. The lowest BCUT2D eigenvalue weighted by atomic mass is 9.81. The third kappa shape index (κ3) is 2.74. The van der Waals surface area contributed by atoms with Gasteiger partial charge in [-0.25, -0.2) is 0 Å². The molecule has 0 fully saturated rings. The highest BCUT2D eigenvalue weighted by molar-refractivity contribution is 6.16. The fourth-order valence-electron chi connectivity index (χ4n) is 8.53. The van der Waals surface area contributed by atoms with E-state index in [2.05, 4.69) is 104 Å². The van der Waals surface area contributed by atoms with Gasteiger partial charge in [0.1, 0.15) is 0 Å². The van der Waals surface area contributed by atoms with Crippen molar-refractivity contribution in [1.82, 2.24) is 9.97 Å². The zero-order chi connectivity index (χ0) is 25.4. The van der Waals surface area contributed by atoms with Crippen molar-refractivity contribution in [3.63, 3.8) is 0 Å². The lowest BCUT2D eigenvalue weighted by molar-refractivity contribution is 0.403. The molecular formula is C34H36N2. The summed E-state index contributed by atoms with van der Waals surface area (Å²) in [6.45, 7) is 19.0. The summed E-state index contributed by atoms with van der Waals surface area (Å²) in [6, 6.07) is 14.0. The Bertz CT molecular complexity index is 1650. The molecule has 0 N–H and O–H groups in total. The monoisotopic (exact) mass is 472 g/mol. The average molecular weight is 473 g/mol. The van der Waals surface area contributed by atoms with Gasteiger partial charge in [-0.1, -0.05) is 79.7 Å². The summed E-state index contributed by atoms with van der Waals surface area (Å²) in [4.78, 5) is 10.2. The average Bonchev–Trinajstić information content (AvgIpc) is 3.11. The minimum absolute atomic E-state index is 0.144. The van der Waals surface area contributed by atoms with Gasteiger partial charge < -0.3 is 0 Å². The highest BCUT2D eigenvalue weighted by Gasteiger charge is 2.44. The summed E-state index contributed by atoms with van der Waals surface area (Å²) in [7, 11) is 0. The molecule has 3 aromatic carbocycles. The zero-order valence-corrected chi connectivity index (χ0v) is 22.9. The van der Waals surface area contributed by atoms with Gasteiger partial charge in [0, 0.05) is 33.9 Å². The molecule has 182 valence electrons. The van der Waals surface area contributed by atoms with E-state index in [0.29, 0.717) is 0 Å². The maximum Gasteiger partial charge on any atom is 0.0783 e. The molecule has 0 saturated heterocycles. The maximum absolute atomic E-state index is 5.08. The first kappa shape index (κ1) is 22.2. The SMILES string of the molecule is CC1(C)CC(C)(C)c2c1cnc1c2ccc2cc3c(ccc4c5c(cnc43)C(C)(C)CC5(C)C)cc21. The quantitative estimate of drug-likeness (QED) is 0.166. The molecule has 0 radical (unpaired) electrons. The van der Waals surface area contributed by atoms with E-state index in [-0.39, 0.29) is 21.7 Å². The van der Waals surface area contributed by atoms with E-state index < -0.39 is 0 Å². The van der Waals surface area contributed by atoms with Crippen molar-refractivity contribution in [3.05, 3.63) is 71.0 Å². The minimum atomic E-state index is 0.144. The van der Waals surface area contributed by atoms with Crippen molar-refractivity contribution in [2.75, 3.05) is 0 Å². The number of fused-ring (bicyclic) bond motifs is 10. The number of nitrogens with zero attached hydrogens (tertiary/aromatic N) is 2. The van der Waals surface area contributed by atoms with Crippen LogP contribution in [0.15, 0.2) is 48.8 Å². The van der Waals surface area contributed by atoms with E-state index in [9.17, 15) is 0 Å². The van der Waals surface area contributed by atoms with Crippen LogP contribution in [0.5, 0.6) is 0 Å². The molecule has 2 heteroatoms. The van der Waals surface area contributed by atoms with Crippen LogP contribution in [0.25, 0.3) is 43.4 Å². The molecule has 2 nitrogen and oxygen atoms in total. The van der Waals surface area contributed by atoms with Crippen LogP contribution in [0.1, 0.15) is 90.5 Å². The van der Waals surface area contributed by atoms with Crippen molar-refractivity contribution in [1.29, 1.82) is 0 Å². The molecule has 0 amide bonds. The zero-order valence-electron chi connectivity index (χ0n) is 22.9. The highest BCUT2D eigenvalue weighted by Crippen LogP contribution is 2.53. The number of hydrogen-bond acceptors (Lipinski definition) is 2.